The van der Waals surface area contributed by atoms with Gasteiger partial charge in [-0.05, 0) is 44.1 Å². The molecule has 1 nitrogen and oxygen atoms in total. The fourth-order valence-electron chi connectivity index (χ4n) is 1.18. The van der Waals surface area contributed by atoms with Gasteiger partial charge >= 0.3 is 0 Å². The highest BCUT2D eigenvalue weighted by molar-refractivity contribution is 5.48. The van der Waals surface area contributed by atoms with Crippen LogP contribution < -0.4 is 0 Å². The van der Waals surface area contributed by atoms with Crippen molar-refractivity contribution in [2.24, 2.45) is 0 Å². The molecule has 0 heterocycles. The summed E-state index contributed by atoms with van der Waals surface area (Å²) in [5.41, 5.74) is 0. The molecule has 0 radical (unpaired) electrons. The van der Waals surface area contributed by atoms with E-state index in [-0.39, 0.29) is 0 Å². The normalized spacial score (nSPS) is 9.71. The SMILES string of the molecule is CC=CC#CC#CCC=CCCCCCC=O. The van der Waals surface area contributed by atoms with Crippen LogP contribution in [0, 0.1) is 23.7 Å². The number of hydrogen-bond acceptors (Lipinski definition) is 1. The summed E-state index contributed by atoms with van der Waals surface area (Å²) < 4.78 is 0. The Hall–Kier alpha value is -1.73. The summed E-state index contributed by atoms with van der Waals surface area (Å²) in [7, 11) is 0. The van der Waals surface area contributed by atoms with Gasteiger partial charge in [0, 0.05) is 12.8 Å². The van der Waals surface area contributed by atoms with Crippen LogP contribution in [0.4, 0.5) is 0 Å². The largest absolute Gasteiger partial charge is 0.303 e. The molecule has 0 saturated heterocycles. The van der Waals surface area contributed by atoms with Crippen LogP contribution >= 0.6 is 0 Å². The lowest BCUT2D eigenvalue weighted by Crippen LogP contribution is -1.77. The molecule has 0 atom stereocenters. The van der Waals surface area contributed by atoms with Crippen LogP contribution in [0.25, 0.3) is 0 Å². The Bertz CT molecular complexity index is 352. The highest BCUT2D eigenvalue weighted by Crippen LogP contribution is 2.02. The van der Waals surface area contributed by atoms with Gasteiger partial charge in [0.1, 0.15) is 6.29 Å². The zero-order chi connectivity index (χ0) is 12.6. The first-order valence-electron chi connectivity index (χ1n) is 6.10. The van der Waals surface area contributed by atoms with E-state index in [1.807, 2.05) is 13.0 Å². The second kappa shape index (κ2) is 14.3. The third-order valence-electron chi connectivity index (χ3n) is 2.05. The van der Waals surface area contributed by atoms with E-state index in [9.17, 15) is 4.79 Å². The maximum atomic E-state index is 10.1. The van der Waals surface area contributed by atoms with Crippen molar-refractivity contribution in [3.05, 3.63) is 24.3 Å². The van der Waals surface area contributed by atoms with Gasteiger partial charge in [0.2, 0.25) is 0 Å². The van der Waals surface area contributed by atoms with Crippen molar-refractivity contribution in [2.75, 3.05) is 0 Å². The van der Waals surface area contributed by atoms with Crippen molar-refractivity contribution in [3.8, 4) is 23.7 Å². The molecule has 0 N–H and O–H groups in total. The number of allylic oxidation sites excluding steroid dienone is 4. The lowest BCUT2D eigenvalue weighted by Gasteiger charge is -1.92. The molecule has 0 aliphatic heterocycles. The van der Waals surface area contributed by atoms with Gasteiger partial charge in [0.15, 0.2) is 0 Å². The minimum Gasteiger partial charge on any atom is -0.303 e. The molecule has 0 rings (SSSR count). The van der Waals surface area contributed by atoms with Gasteiger partial charge in [-0.15, -0.1) is 0 Å². The molecule has 1 heteroatoms. The smallest absolute Gasteiger partial charge is 0.119 e. The van der Waals surface area contributed by atoms with E-state index in [0.29, 0.717) is 6.42 Å². The molecule has 0 aromatic rings. The number of rotatable bonds is 7. The minimum absolute atomic E-state index is 0.695. The first-order chi connectivity index (χ1) is 8.41. The van der Waals surface area contributed by atoms with Crippen LogP contribution in [-0.4, -0.2) is 6.29 Å². The Morgan fingerprint density at radius 1 is 1.00 bits per heavy atom. The van der Waals surface area contributed by atoms with E-state index in [1.54, 1.807) is 6.08 Å². The first-order valence-corrected chi connectivity index (χ1v) is 6.10. The maximum Gasteiger partial charge on any atom is 0.119 e. The second-order valence-corrected chi connectivity index (χ2v) is 3.55. The summed E-state index contributed by atoms with van der Waals surface area (Å²) in [6, 6.07) is 0. The molecule has 0 bridgehead atoms. The van der Waals surface area contributed by atoms with Crippen molar-refractivity contribution >= 4 is 6.29 Å². The van der Waals surface area contributed by atoms with Crippen LogP contribution in [0.2, 0.25) is 0 Å². The standard InChI is InChI=1S/C16H20O/c1-2-3-4-5-6-7-8-9-10-11-12-13-14-15-16-17/h2-3,9-10,16H,8,11-15H2,1H3. The van der Waals surface area contributed by atoms with E-state index < -0.39 is 0 Å². The lowest BCUT2D eigenvalue weighted by molar-refractivity contribution is -0.107. The van der Waals surface area contributed by atoms with Crippen LogP contribution in [0.1, 0.15) is 45.4 Å². The lowest BCUT2D eigenvalue weighted by atomic mass is 10.1. The number of unbranched alkanes of at least 4 members (excludes halogenated alkanes) is 4. The van der Waals surface area contributed by atoms with Crippen molar-refractivity contribution in [3.63, 3.8) is 0 Å². The Morgan fingerprint density at radius 3 is 2.59 bits per heavy atom. The molecule has 17 heavy (non-hydrogen) atoms. The predicted molar refractivity (Wildman–Crippen MR) is 73.3 cm³/mol. The topological polar surface area (TPSA) is 17.1 Å². The molecule has 0 spiro atoms. The molecule has 90 valence electrons. The summed E-state index contributed by atoms with van der Waals surface area (Å²) in [5, 5.41) is 0. The molecule has 0 aromatic heterocycles. The molecule has 0 fully saturated rings. The summed E-state index contributed by atoms with van der Waals surface area (Å²) in [6.07, 6.45) is 14.7. The first kappa shape index (κ1) is 15.3. The molecule has 0 aromatic carbocycles. The van der Waals surface area contributed by atoms with Crippen LogP contribution in [0.15, 0.2) is 24.3 Å². The zero-order valence-corrected chi connectivity index (χ0v) is 10.5. The molecule has 0 aliphatic rings. The highest BCUT2D eigenvalue weighted by atomic mass is 16.1. The van der Waals surface area contributed by atoms with Crippen molar-refractivity contribution in [1.29, 1.82) is 0 Å². The average molecular weight is 228 g/mol. The molecular formula is C16H20O. The molecule has 0 amide bonds. The van der Waals surface area contributed by atoms with Crippen LogP contribution in [0.3, 0.4) is 0 Å². The zero-order valence-electron chi connectivity index (χ0n) is 10.5. The fourth-order valence-corrected chi connectivity index (χ4v) is 1.18. The number of carbonyl (C=O) groups is 1. The summed E-state index contributed by atoms with van der Waals surface area (Å²) in [5.74, 6) is 11.3. The van der Waals surface area contributed by atoms with Gasteiger partial charge in [-0.2, -0.15) is 0 Å². The fraction of sp³-hybridized carbons (Fsp3) is 0.438. The van der Waals surface area contributed by atoms with E-state index in [4.69, 9.17) is 0 Å². The van der Waals surface area contributed by atoms with Gasteiger partial charge in [-0.3, -0.25) is 0 Å². The van der Waals surface area contributed by atoms with E-state index in [0.717, 1.165) is 38.4 Å². The second-order valence-electron chi connectivity index (χ2n) is 3.55. The van der Waals surface area contributed by atoms with Gasteiger partial charge < -0.3 is 4.79 Å². The number of carbonyl (C=O) groups excluding carboxylic acids is 1. The predicted octanol–water partition coefficient (Wildman–Crippen LogP) is 3.67. The van der Waals surface area contributed by atoms with Gasteiger partial charge in [-0.25, -0.2) is 0 Å². The third-order valence-corrected chi connectivity index (χ3v) is 2.05. The molecule has 0 aliphatic carbocycles. The van der Waals surface area contributed by atoms with Crippen molar-refractivity contribution in [1.82, 2.24) is 0 Å². The van der Waals surface area contributed by atoms with Crippen molar-refractivity contribution < 1.29 is 4.79 Å². The third kappa shape index (κ3) is 14.3. The Labute approximate surface area is 105 Å². The Morgan fingerprint density at radius 2 is 1.82 bits per heavy atom. The van der Waals surface area contributed by atoms with E-state index >= 15 is 0 Å². The highest BCUT2D eigenvalue weighted by Gasteiger charge is 1.85. The van der Waals surface area contributed by atoms with Crippen molar-refractivity contribution in [2.45, 2.75) is 45.4 Å². The average Bonchev–Trinajstić information content (AvgIpc) is 2.35. The Kier molecular flexibility index (Phi) is 12.8. The molecular weight excluding hydrogens is 208 g/mol. The van der Waals surface area contributed by atoms with Crippen LogP contribution in [0.5, 0.6) is 0 Å². The van der Waals surface area contributed by atoms with Gasteiger partial charge in [-0.1, -0.05) is 36.5 Å². The Balaban J connectivity index is 3.42. The van der Waals surface area contributed by atoms with Gasteiger partial charge in [0.25, 0.3) is 0 Å². The quantitative estimate of drug-likeness (QED) is 0.281. The minimum atomic E-state index is 0.695. The summed E-state index contributed by atoms with van der Waals surface area (Å²) in [6.45, 7) is 1.93. The van der Waals surface area contributed by atoms with E-state index in [1.165, 1.54) is 0 Å². The van der Waals surface area contributed by atoms with Crippen LogP contribution in [-0.2, 0) is 4.79 Å². The molecule has 0 saturated carbocycles. The molecule has 0 unspecified atom stereocenters. The van der Waals surface area contributed by atoms with E-state index in [2.05, 4.69) is 35.8 Å². The number of hydrogen-bond donors (Lipinski definition) is 0. The summed E-state index contributed by atoms with van der Waals surface area (Å²) in [4.78, 5) is 10.1. The monoisotopic (exact) mass is 228 g/mol. The number of aldehydes is 1. The summed E-state index contributed by atoms with van der Waals surface area (Å²) >= 11 is 0. The maximum absolute atomic E-state index is 10.1. The van der Waals surface area contributed by atoms with Gasteiger partial charge in [0.05, 0.1) is 0 Å².